The number of aromatic amines is 1. The largest absolute Gasteiger partial charge is 0.317 e. The monoisotopic (exact) mass is 336 g/mol. The molecule has 1 aromatic heterocycles. The highest BCUT2D eigenvalue weighted by atomic mass is 35.5. The van der Waals surface area contributed by atoms with Gasteiger partial charge in [-0.2, -0.15) is 4.98 Å². The zero-order valence-corrected chi connectivity index (χ0v) is 12.6. The smallest absolute Gasteiger partial charge is 0.293 e. The Morgan fingerprint density at radius 2 is 1.95 bits per heavy atom. The zero-order chi connectivity index (χ0) is 14.2. The van der Waals surface area contributed by atoms with Crippen LogP contribution in [-0.2, 0) is 7.05 Å². The van der Waals surface area contributed by atoms with E-state index in [1.54, 1.807) is 7.05 Å². The Kier molecular flexibility index (Phi) is 4.15. The van der Waals surface area contributed by atoms with Crippen LogP contribution in [0.25, 0.3) is 0 Å². The molecule has 0 bridgehead atoms. The van der Waals surface area contributed by atoms with Crippen LogP contribution in [0.1, 0.15) is 10.6 Å². The van der Waals surface area contributed by atoms with Crippen LogP contribution in [0.15, 0.2) is 12.1 Å². The summed E-state index contributed by atoms with van der Waals surface area (Å²) in [4.78, 5) is 15.8. The number of hydrogen-bond donors (Lipinski definition) is 2. The van der Waals surface area contributed by atoms with Crippen molar-refractivity contribution < 1.29 is 4.79 Å². The van der Waals surface area contributed by atoms with E-state index < -0.39 is 5.91 Å². The quantitative estimate of drug-likeness (QED) is 0.822. The number of H-pyrrole nitrogens is 1. The van der Waals surface area contributed by atoms with E-state index in [0.717, 1.165) is 0 Å². The SMILES string of the molecule is Cn1[nH]c(C(=O)Nc2c(Cl)cc(Cl)cc2Cl)nc1=S. The van der Waals surface area contributed by atoms with Crippen molar-refractivity contribution in [1.82, 2.24) is 14.8 Å². The first-order valence-electron chi connectivity index (χ1n) is 4.97. The fourth-order valence-corrected chi connectivity index (χ4v) is 2.39. The summed E-state index contributed by atoms with van der Waals surface area (Å²) >= 11 is 22.6. The molecule has 0 unspecified atom stereocenters. The molecule has 5 nitrogen and oxygen atoms in total. The van der Waals surface area contributed by atoms with Crippen LogP contribution in [0.4, 0.5) is 5.69 Å². The Bertz CT molecular complexity index is 686. The standard InChI is InChI=1S/C10H7Cl3N4OS/c1-17-10(19)15-8(16-17)9(18)14-7-5(12)2-4(11)3-6(7)13/h2-3H,1H3,(H,14,18)(H,15,16,19). The van der Waals surface area contributed by atoms with Crippen molar-refractivity contribution in [3.05, 3.63) is 37.8 Å². The molecule has 0 aliphatic rings. The summed E-state index contributed by atoms with van der Waals surface area (Å²) in [6, 6.07) is 2.95. The Balaban J connectivity index is 2.31. The fraction of sp³-hybridized carbons (Fsp3) is 0.100. The van der Waals surface area contributed by atoms with E-state index in [2.05, 4.69) is 15.4 Å². The minimum Gasteiger partial charge on any atom is -0.317 e. The number of aryl methyl sites for hydroxylation is 1. The molecule has 0 spiro atoms. The van der Waals surface area contributed by atoms with Crippen molar-refractivity contribution >= 4 is 58.6 Å². The van der Waals surface area contributed by atoms with Gasteiger partial charge in [0.25, 0.3) is 5.91 Å². The Labute approximate surface area is 128 Å². The molecule has 1 amide bonds. The molecule has 0 aliphatic heterocycles. The molecule has 2 rings (SSSR count). The first-order valence-corrected chi connectivity index (χ1v) is 6.51. The first-order chi connectivity index (χ1) is 8.88. The molecule has 19 heavy (non-hydrogen) atoms. The minimum atomic E-state index is -0.502. The highest BCUT2D eigenvalue weighted by Gasteiger charge is 2.15. The molecule has 9 heteroatoms. The number of hydrogen-bond acceptors (Lipinski definition) is 3. The Morgan fingerprint density at radius 3 is 2.42 bits per heavy atom. The van der Waals surface area contributed by atoms with Gasteiger partial charge < -0.3 is 5.32 Å². The van der Waals surface area contributed by atoms with Gasteiger partial charge >= 0.3 is 0 Å². The molecule has 2 N–H and O–H groups in total. The summed E-state index contributed by atoms with van der Waals surface area (Å²) in [5.74, 6) is -0.438. The Morgan fingerprint density at radius 1 is 1.37 bits per heavy atom. The van der Waals surface area contributed by atoms with E-state index in [1.165, 1.54) is 16.8 Å². The number of carbonyl (C=O) groups is 1. The summed E-state index contributed by atoms with van der Waals surface area (Å²) < 4.78 is 1.70. The van der Waals surface area contributed by atoms with Gasteiger partial charge in [-0.25, -0.2) is 0 Å². The molecule has 100 valence electrons. The highest BCUT2D eigenvalue weighted by molar-refractivity contribution is 7.71. The second kappa shape index (κ2) is 5.50. The second-order valence-electron chi connectivity index (χ2n) is 3.61. The second-order valence-corrected chi connectivity index (χ2v) is 5.23. The molecule has 1 aromatic carbocycles. The van der Waals surface area contributed by atoms with Crippen molar-refractivity contribution in [2.24, 2.45) is 7.05 Å². The minimum absolute atomic E-state index is 0.0644. The van der Waals surface area contributed by atoms with E-state index >= 15 is 0 Å². The van der Waals surface area contributed by atoms with E-state index in [1.807, 2.05) is 0 Å². The van der Waals surface area contributed by atoms with Crippen molar-refractivity contribution in [3.8, 4) is 0 Å². The molecule has 2 aromatic rings. The maximum absolute atomic E-state index is 12.0. The third-order valence-electron chi connectivity index (χ3n) is 2.23. The van der Waals surface area contributed by atoms with Crippen LogP contribution < -0.4 is 5.32 Å². The van der Waals surface area contributed by atoms with Crippen LogP contribution in [0.5, 0.6) is 0 Å². The number of rotatable bonds is 2. The lowest BCUT2D eigenvalue weighted by atomic mass is 10.3. The average Bonchev–Trinajstić information content (AvgIpc) is 2.64. The van der Waals surface area contributed by atoms with Crippen molar-refractivity contribution in [1.29, 1.82) is 0 Å². The first kappa shape index (κ1) is 14.3. The number of anilines is 1. The molecular formula is C10H7Cl3N4OS. The summed E-state index contributed by atoms with van der Waals surface area (Å²) in [7, 11) is 1.65. The van der Waals surface area contributed by atoms with E-state index in [0.29, 0.717) is 5.02 Å². The number of halogens is 3. The van der Waals surface area contributed by atoms with Gasteiger partial charge in [0.15, 0.2) is 0 Å². The number of aromatic nitrogens is 3. The van der Waals surface area contributed by atoms with E-state index in [-0.39, 0.29) is 26.3 Å². The van der Waals surface area contributed by atoms with E-state index in [4.69, 9.17) is 47.0 Å². The van der Waals surface area contributed by atoms with Crippen molar-refractivity contribution in [2.45, 2.75) is 0 Å². The lowest BCUT2D eigenvalue weighted by molar-refractivity contribution is 0.101. The number of nitrogens with one attached hydrogen (secondary N) is 2. The maximum Gasteiger partial charge on any atom is 0.293 e. The summed E-state index contributed by atoms with van der Waals surface area (Å²) in [5, 5.41) is 6.09. The summed E-state index contributed by atoms with van der Waals surface area (Å²) in [5.41, 5.74) is 0.266. The maximum atomic E-state index is 12.0. The van der Waals surface area contributed by atoms with Gasteiger partial charge in [-0.3, -0.25) is 14.6 Å². The van der Waals surface area contributed by atoms with Crippen LogP contribution >= 0.6 is 47.0 Å². The zero-order valence-electron chi connectivity index (χ0n) is 9.50. The number of carbonyl (C=O) groups excluding carboxylic acids is 1. The molecule has 0 radical (unpaired) electrons. The van der Waals surface area contributed by atoms with Crippen LogP contribution in [0.3, 0.4) is 0 Å². The van der Waals surface area contributed by atoms with Crippen LogP contribution in [0.2, 0.25) is 15.1 Å². The normalized spacial score (nSPS) is 10.5. The van der Waals surface area contributed by atoms with Crippen LogP contribution in [0, 0.1) is 4.77 Å². The lowest BCUT2D eigenvalue weighted by Gasteiger charge is -2.08. The van der Waals surface area contributed by atoms with Gasteiger partial charge in [0.05, 0.1) is 15.7 Å². The van der Waals surface area contributed by atoms with Crippen molar-refractivity contribution in [3.63, 3.8) is 0 Å². The third kappa shape index (κ3) is 3.09. The van der Waals surface area contributed by atoms with Gasteiger partial charge in [0.2, 0.25) is 10.6 Å². The van der Waals surface area contributed by atoms with Gasteiger partial charge in [0.1, 0.15) is 0 Å². The molecular weight excluding hydrogens is 331 g/mol. The van der Waals surface area contributed by atoms with E-state index in [9.17, 15) is 4.79 Å². The molecule has 0 aliphatic carbocycles. The van der Waals surface area contributed by atoms with Crippen molar-refractivity contribution in [2.75, 3.05) is 5.32 Å². The molecule has 0 saturated heterocycles. The summed E-state index contributed by atoms with van der Waals surface area (Å²) in [6.45, 7) is 0. The molecule has 0 saturated carbocycles. The van der Waals surface area contributed by atoms with Gasteiger partial charge in [-0.15, -0.1) is 0 Å². The number of benzene rings is 1. The molecule has 0 fully saturated rings. The lowest BCUT2D eigenvalue weighted by Crippen LogP contribution is -2.14. The highest BCUT2D eigenvalue weighted by Crippen LogP contribution is 2.33. The third-order valence-corrected chi connectivity index (χ3v) is 3.41. The molecule has 1 heterocycles. The predicted octanol–water partition coefficient (Wildman–Crippen LogP) is 3.69. The predicted molar refractivity (Wildman–Crippen MR) is 77.8 cm³/mol. The average molecular weight is 338 g/mol. The summed E-state index contributed by atoms with van der Waals surface area (Å²) in [6.07, 6.45) is 0. The Hall–Kier alpha value is -1.08. The van der Waals surface area contributed by atoms with Gasteiger partial charge in [-0.1, -0.05) is 34.8 Å². The fourth-order valence-electron chi connectivity index (χ4n) is 1.34. The number of amides is 1. The molecule has 0 atom stereocenters. The van der Waals surface area contributed by atoms with Gasteiger partial charge in [-0.05, 0) is 24.4 Å². The van der Waals surface area contributed by atoms with Crippen LogP contribution in [-0.4, -0.2) is 20.7 Å². The number of nitrogens with zero attached hydrogens (tertiary/aromatic N) is 2. The van der Waals surface area contributed by atoms with Gasteiger partial charge in [0, 0.05) is 12.1 Å². The topological polar surface area (TPSA) is 62.7 Å².